The lowest BCUT2D eigenvalue weighted by atomic mass is 10.1. The molecule has 0 aliphatic rings. The first-order chi connectivity index (χ1) is 12.7. The van der Waals surface area contributed by atoms with Crippen LogP contribution in [0.4, 0.5) is 0 Å². The maximum atomic E-state index is 6.00. The van der Waals surface area contributed by atoms with Gasteiger partial charge in [-0.1, -0.05) is 62.1 Å². The van der Waals surface area contributed by atoms with Crippen molar-refractivity contribution < 1.29 is 9.47 Å². The van der Waals surface area contributed by atoms with E-state index in [1.54, 1.807) is 0 Å². The average Bonchev–Trinajstić information content (AvgIpc) is 2.65. The van der Waals surface area contributed by atoms with E-state index in [9.17, 15) is 0 Å². The van der Waals surface area contributed by atoms with Crippen molar-refractivity contribution in [3.63, 3.8) is 0 Å². The molecule has 1 N–H and O–H groups in total. The minimum absolute atomic E-state index is 0. The summed E-state index contributed by atoms with van der Waals surface area (Å²) in [5.74, 6) is 1.63. The molecule has 0 aromatic heterocycles. The Morgan fingerprint density at radius 1 is 0.815 bits per heavy atom. The molecule has 0 bridgehead atoms. The zero-order valence-corrected chi connectivity index (χ0v) is 17.7. The highest BCUT2D eigenvalue weighted by Gasteiger charge is 2.07. The highest BCUT2D eigenvalue weighted by atomic mass is 35.5. The molecule has 0 saturated carbocycles. The number of ether oxygens (including phenoxy) is 2. The summed E-state index contributed by atoms with van der Waals surface area (Å²) in [7, 11) is 0. The van der Waals surface area contributed by atoms with E-state index >= 15 is 0 Å². The Morgan fingerprint density at radius 3 is 2.26 bits per heavy atom. The van der Waals surface area contributed by atoms with Gasteiger partial charge in [0, 0.05) is 6.54 Å². The molecular formula is C23H34ClNO2. The van der Waals surface area contributed by atoms with Crippen molar-refractivity contribution in [3.8, 4) is 11.5 Å². The first-order valence-electron chi connectivity index (χ1n) is 9.87. The first-order valence-corrected chi connectivity index (χ1v) is 9.87. The smallest absolute Gasteiger partial charge is 0.161 e. The summed E-state index contributed by atoms with van der Waals surface area (Å²) >= 11 is 0. The second-order valence-corrected chi connectivity index (χ2v) is 6.73. The Kier molecular flexibility index (Phi) is 11.6. The van der Waals surface area contributed by atoms with Crippen molar-refractivity contribution in [1.82, 2.24) is 5.32 Å². The van der Waals surface area contributed by atoms with E-state index in [2.05, 4.69) is 55.6 Å². The minimum atomic E-state index is 0. The summed E-state index contributed by atoms with van der Waals surface area (Å²) in [6, 6.07) is 14.7. The van der Waals surface area contributed by atoms with Crippen LogP contribution in [0.1, 0.15) is 56.2 Å². The lowest BCUT2D eigenvalue weighted by Gasteiger charge is -2.14. The number of hydrogen-bond donors (Lipinski definition) is 1. The van der Waals surface area contributed by atoms with Crippen LogP contribution in [0.2, 0.25) is 0 Å². The lowest BCUT2D eigenvalue weighted by Crippen LogP contribution is -2.14. The molecule has 2 aromatic rings. The van der Waals surface area contributed by atoms with E-state index in [-0.39, 0.29) is 12.4 Å². The van der Waals surface area contributed by atoms with Crippen LogP contribution in [-0.2, 0) is 13.2 Å². The van der Waals surface area contributed by atoms with Crippen LogP contribution in [0.3, 0.4) is 0 Å². The molecule has 0 radical (unpaired) electrons. The largest absolute Gasteiger partial charge is 0.490 e. The van der Waals surface area contributed by atoms with Gasteiger partial charge in [0.1, 0.15) is 6.61 Å². The zero-order valence-electron chi connectivity index (χ0n) is 16.9. The number of benzene rings is 2. The number of rotatable bonds is 12. The molecule has 150 valence electrons. The third-order valence-electron chi connectivity index (χ3n) is 4.36. The topological polar surface area (TPSA) is 30.5 Å². The molecule has 4 heteroatoms. The Labute approximate surface area is 170 Å². The summed E-state index contributed by atoms with van der Waals surface area (Å²) in [4.78, 5) is 0. The van der Waals surface area contributed by atoms with E-state index in [1.807, 2.05) is 13.0 Å². The summed E-state index contributed by atoms with van der Waals surface area (Å²) in [5.41, 5.74) is 3.65. The molecule has 0 heterocycles. The summed E-state index contributed by atoms with van der Waals surface area (Å²) < 4.78 is 11.8. The minimum Gasteiger partial charge on any atom is -0.490 e. The van der Waals surface area contributed by atoms with Gasteiger partial charge in [-0.2, -0.15) is 0 Å². The van der Waals surface area contributed by atoms with E-state index in [1.165, 1.54) is 36.8 Å². The van der Waals surface area contributed by atoms with Gasteiger partial charge in [0.15, 0.2) is 11.5 Å². The summed E-state index contributed by atoms with van der Waals surface area (Å²) in [6.45, 7) is 9.45. The van der Waals surface area contributed by atoms with Gasteiger partial charge in [-0.25, -0.2) is 0 Å². The molecule has 0 amide bonds. The molecule has 2 aromatic carbocycles. The van der Waals surface area contributed by atoms with Gasteiger partial charge in [-0.3, -0.25) is 0 Å². The molecule has 27 heavy (non-hydrogen) atoms. The standard InChI is InChI=1S/C23H33NO2.ClH/c1-4-6-7-8-15-24-17-21-13-14-22(23(16-21)25-5-2)26-18-20-11-9-19(3)10-12-20;/h9-14,16,24H,4-8,15,17-18H2,1-3H3;1H. The Balaban J connectivity index is 0.00000364. The normalized spacial score (nSPS) is 10.3. The van der Waals surface area contributed by atoms with Crippen molar-refractivity contribution >= 4 is 12.4 Å². The highest BCUT2D eigenvalue weighted by Crippen LogP contribution is 2.29. The Morgan fingerprint density at radius 2 is 1.56 bits per heavy atom. The predicted molar refractivity (Wildman–Crippen MR) is 116 cm³/mol. The fourth-order valence-electron chi connectivity index (χ4n) is 2.80. The van der Waals surface area contributed by atoms with E-state index in [4.69, 9.17) is 9.47 Å². The average molecular weight is 392 g/mol. The molecule has 0 unspecified atom stereocenters. The quantitative estimate of drug-likeness (QED) is 0.446. The molecule has 0 atom stereocenters. The van der Waals surface area contributed by atoms with Gasteiger partial charge >= 0.3 is 0 Å². The zero-order chi connectivity index (χ0) is 18.6. The molecule has 0 spiro atoms. The van der Waals surface area contributed by atoms with Gasteiger partial charge in [-0.15, -0.1) is 12.4 Å². The molecule has 3 nitrogen and oxygen atoms in total. The fourth-order valence-corrected chi connectivity index (χ4v) is 2.80. The van der Waals surface area contributed by atoms with Crippen LogP contribution < -0.4 is 14.8 Å². The third-order valence-corrected chi connectivity index (χ3v) is 4.36. The number of aryl methyl sites for hydroxylation is 1. The van der Waals surface area contributed by atoms with E-state index in [0.29, 0.717) is 13.2 Å². The van der Waals surface area contributed by atoms with Crippen LogP contribution in [0.15, 0.2) is 42.5 Å². The van der Waals surface area contributed by atoms with Gasteiger partial charge < -0.3 is 14.8 Å². The van der Waals surface area contributed by atoms with Gasteiger partial charge in [0.05, 0.1) is 6.61 Å². The van der Waals surface area contributed by atoms with E-state index in [0.717, 1.165) is 30.2 Å². The van der Waals surface area contributed by atoms with Gasteiger partial charge in [0.2, 0.25) is 0 Å². The van der Waals surface area contributed by atoms with Crippen LogP contribution >= 0.6 is 12.4 Å². The van der Waals surface area contributed by atoms with Crippen molar-refractivity contribution in [2.75, 3.05) is 13.2 Å². The predicted octanol–water partition coefficient (Wildman–Crippen LogP) is 6.06. The molecule has 0 aliphatic heterocycles. The molecule has 0 aliphatic carbocycles. The Bertz CT molecular complexity index is 643. The fraction of sp³-hybridized carbons (Fsp3) is 0.478. The highest BCUT2D eigenvalue weighted by molar-refractivity contribution is 5.85. The van der Waals surface area contributed by atoms with Crippen molar-refractivity contribution in [2.24, 2.45) is 0 Å². The van der Waals surface area contributed by atoms with Crippen LogP contribution in [0.25, 0.3) is 0 Å². The molecule has 0 fully saturated rings. The number of nitrogens with one attached hydrogen (secondary N) is 1. The van der Waals surface area contributed by atoms with Crippen LogP contribution in [-0.4, -0.2) is 13.2 Å². The summed E-state index contributed by atoms with van der Waals surface area (Å²) in [6.07, 6.45) is 5.15. The van der Waals surface area contributed by atoms with E-state index < -0.39 is 0 Å². The lowest BCUT2D eigenvalue weighted by molar-refractivity contribution is 0.269. The first kappa shape index (κ1) is 23.3. The Hall–Kier alpha value is -1.71. The molecule has 2 rings (SSSR count). The second kappa shape index (κ2) is 13.5. The number of unbranched alkanes of at least 4 members (excludes halogenated alkanes) is 3. The summed E-state index contributed by atoms with van der Waals surface area (Å²) in [5, 5.41) is 3.52. The maximum absolute atomic E-state index is 6.00. The maximum Gasteiger partial charge on any atom is 0.161 e. The number of hydrogen-bond acceptors (Lipinski definition) is 3. The SMILES string of the molecule is CCCCCCNCc1ccc(OCc2ccc(C)cc2)c(OCC)c1.Cl. The number of halogens is 1. The van der Waals surface area contributed by atoms with Crippen LogP contribution in [0, 0.1) is 6.92 Å². The molecule has 0 saturated heterocycles. The second-order valence-electron chi connectivity index (χ2n) is 6.73. The van der Waals surface area contributed by atoms with Crippen LogP contribution in [0.5, 0.6) is 11.5 Å². The van der Waals surface area contributed by atoms with Gasteiger partial charge in [-0.05, 0) is 50.1 Å². The third kappa shape index (κ3) is 8.68. The van der Waals surface area contributed by atoms with Crippen molar-refractivity contribution in [3.05, 3.63) is 59.2 Å². The monoisotopic (exact) mass is 391 g/mol. The molecular weight excluding hydrogens is 358 g/mol. The van der Waals surface area contributed by atoms with Crippen molar-refractivity contribution in [2.45, 2.75) is 59.6 Å². The van der Waals surface area contributed by atoms with Gasteiger partial charge in [0.25, 0.3) is 0 Å². The van der Waals surface area contributed by atoms with Crippen molar-refractivity contribution in [1.29, 1.82) is 0 Å².